The van der Waals surface area contributed by atoms with Crippen LogP contribution < -0.4 is 5.32 Å². The molecule has 0 atom stereocenters. The van der Waals surface area contributed by atoms with Gasteiger partial charge in [-0.15, -0.1) is 0 Å². The van der Waals surface area contributed by atoms with E-state index in [0.717, 1.165) is 31.9 Å². The molecule has 2 aromatic rings. The number of aromatic nitrogens is 3. The third kappa shape index (κ3) is 3.17. The molecule has 1 N–H and O–H groups in total. The monoisotopic (exact) mass is 234 g/mol. The van der Waals surface area contributed by atoms with Gasteiger partial charge in [0, 0.05) is 44.9 Å². The first-order valence-corrected chi connectivity index (χ1v) is 5.93. The van der Waals surface area contributed by atoms with E-state index in [1.807, 2.05) is 0 Å². The zero-order valence-electron chi connectivity index (χ0n) is 10.3. The van der Waals surface area contributed by atoms with Crippen LogP contribution in [-0.2, 0) is 19.5 Å². The van der Waals surface area contributed by atoms with Crippen LogP contribution in [-0.4, -0.2) is 21.3 Å². The van der Waals surface area contributed by atoms with E-state index in [2.05, 4.69) is 45.3 Å². The van der Waals surface area contributed by atoms with Gasteiger partial charge in [0.1, 0.15) is 0 Å². The molecular weight excluding hydrogens is 216 g/mol. The van der Waals surface area contributed by atoms with Crippen LogP contribution in [0.1, 0.15) is 24.3 Å². The first kappa shape index (κ1) is 11.9. The van der Waals surface area contributed by atoms with E-state index < -0.39 is 0 Å². The second-order valence-electron chi connectivity index (χ2n) is 3.94. The largest absolute Gasteiger partial charge is 0.351 e. The normalized spacial score (nSPS) is 10.9. The van der Waals surface area contributed by atoms with Gasteiger partial charge < -0.3 is 14.4 Å². The summed E-state index contributed by atoms with van der Waals surface area (Å²) in [6, 6.07) is 4.21. The third-order valence-electron chi connectivity index (χ3n) is 2.67. The van der Waals surface area contributed by atoms with E-state index in [1.54, 1.807) is 6.92 Å². The van der Waals surface area contributed by atoms with E-state index in [4.69, 9.17) is 4.52 Å². The molecule has 0 saturated heterocycles. The summed E-state index contributed by atoms with van der Waals surface area (Å²) in [5, 5.41) is 7.23. The smallest absolute Gasteiger partial charge is 0.223 e. The van der Waals surface area contributed by atoms with Crippen molar-refractivity contribution >= 4 is 0 Å². The molecule has 17 heavy (non-hydrogen) atoms. The fraction of sp³-hybridized carbons (Fsp3) is 0.500. The van der Waals surface area contributed by atoms with E-state index in [1.165, 1.54) is 5.69 Å². The van der Waals surface area contributed by atoms with Gasteiger partial charge in [0.2, 0.25) is 5.89 Å². The fourth-order valence-electron chi connectivity index (χ4n) is 1.78. The maximum atomic E-state index is 4.91. The molecule has 5 nitrogen and oxygen atoms in total. The molecule has 0 unspecified atom stereocenters. The first-order chi connectivity index (χ1) is 8.29. The lowest BCUT2D eigenvalue weighted by Crippen LogP contribution is -2.19. The van der Waals surface area contributed by atoms with E-state index in [-0.39, 0.29) is 0 Å². The highest BCUT2D eigenvalue weighted by atomic mass is 16.5. The van der Waals surface area contributed by atoms with Crippen LogP contribution >= 0.6 is 0 Å². The van der Waals surface area contributed by atoms with Crippen LogP contribution in [0.25, 0.3) is 0 Å². The highest BCUT2D eigenvalue weighted by molar-refractivity contribution is 5.06. The molecule has 0 bridgehead atoms. The van der Waals surface area contributed by atoms with Gasteiger partial charge in [-0.1, -0.05) is 5.16 Å². The van der Waals surface area contributed by atoms with Gasteiger partial charge in [-0.05, 0) is 19.1 Å². The van der Waals surface area contributed by atoms with Crippen molar-refractivity contribution in [1.29, 1.82) is 0 Å². The molecule has 2 aromatic heterocycles. The minimum absolute atomic E-state index is 0.625. The van der Waals surface area contributed by atoms with Gasteiger partial charge in [0.15, 0.2) is 5.82 Å². The van der Waals surface area contributed by atoms with Gasteiger partial charge in [-0.3, -0.25) is 0 Å². The van der Waals surface area contributed by atoms with E-state index in [9.17, 15) is 0 Å². The molecule has 2 rings (SSSR count). The number of hydrogen-bond donors (Lipinski definition) is 1. The van der Waals surface area contributed by atoms with Crippen molar-refractivity contribution in [1.82, 2.24) is 20.0 Å². The van der Waals surface area contributed by atoms with Gasteiger partial charge in [-0.25, -0.2) is 0 Å². The van der Waals surface area contributed by atoms with Crippen molar-refractivity contribution in [3.05, 3.63) is 35.7 Å². The average Bonchev–Trinajstić information content (AvgIpc) is 2.93. The lowest BCUT2D eigenvalue weighted by Gasteiger charge is -2.06. The third-order valence-corrected chi connectivity index (χ3v) is 2.67. The summed E-state index contributed by atoms with van der Waals surface area (Å²) < 4.78 is 7.14. The SMILES string of the molecule is CCn1cccc1CNCCc1noc(C)n1. The zero-order valence-corrected chi connectivity index (χ0v) is 10.3. The number of rotatable bonds is 6. The highest BCUT2D eigenvalue weighted by Crippen LogP contribution is 2.01. The lowest BCUT2D eigenvalue weighted by atomic mass is 10.3. The molecule has 5 heteroatoms. The Kier molecular flexibility index (Phi) is 3.93. The zero-order chi connectivity index (χ0) is 12.1. The molecule has 0 amide bonds. The highest BCUT2D eigenvalue weighted by Gasteiger charge is 2.02. The lowest BCUT2D eigenvalue weighted by molar-refractivity contribution is 0.387. The van der Waals surface area contributed by atoms with Crippen molar-refractivity contribution in [2.45, 2.75) is 33.4 Å². The molecule has 0 fully saturated rings. The Morgan fingerprint density at radius 1 is 1.47 bits per heavy atom. The van der Waals surface area contributed by atoms with Crippen molar-refractivity contribution in [3.8, 4) is 0 Å². The number of hydrogen-bond acceptors (Lipinski definition) is 4. The molecule has 0 aliphatic carbocycles. The number of nitrogens with one attached hydrogen (secondary N) is 1. The van der Waals surface area contributed by atoms with Gasteiger partial charge in [-0.2, -0.15) is 4.98 Å². The molecule has 2 heterocycles. The number of nitrogens with zero attached hydrogens (tertiary/aromatic N) is 3. The molecule has 0 aromatic carbocycles. The van der Waals surface area contributed by atoms with Crippen LogP contribution in [0.15, 0.2) is 22.9 Å². The fourth-order valence-corrected chi connectivity index (χ4v) is 1.78. The van der Waals surface area contributed by atoms with E-state index in [0.29, 0.717) is 5.89 Å². The Balaban J connectivity index is 1.73. The second kappa shape index (κ2) is 5.63. The van der Waals surface area contributed by atoms with Crippen LogP contribution in [0.3, 0.4) is 0 Å². The Hall–Kier alpha value is -1.62. The molecule has 0 radical (unpaired) electrons. The first-order valence-electron chi connectivity index (χ1n) is 5.93. The van der Waals surface area contributed by atoms with Gasteiger partial charge >= 0.3 is 0 Å². The molecule has 0 spiro atoms. The molecule has 0 aliphatic rings. The number of aryl methyl sites for hydroxylation is 2. The van der Waals surface area contributed by atoms with Gasteiger partial charge in [0.05, 0.1) is 0 Å². The quantitative estimate of drug-likeness (QED) is 0.770. The standard InChI is InChI=1S/C12H18N4O/c1-3-16-8-4-5-11(16)9-13-7-6-12-14-10(2)17-15-12/h4-5,8,13H,3,6-7,9H2,1-2H3. The summed E-state index contributed by atoms with van der Waals surface area (Å²) in [5.41, 5.74) is 1.30. The van der Waals surface area contributed by atoms with Gasteiger partial charge in [0.25, 0.3) is 0 Å². The molecule has 0 aliphatic heterocycles. The summed E-state index contributed by atoms with van der Waals surface area (Å²) >= 11 is 0. The van der Waals surface area contributed by atoms with Crippen LogP contribution in [0.4, 0.5) is 0 Å². The molecular formula is C12H18N4O. The summed E-state index contributed by atoms with van der Waals surface area (Å²) in [6.07, 6.45) is 2.89. The van der Waals surface area contributed by atoms with Crippen LogP contribution in [0.2, 0.25) is 0 Å². The average molecular weight is 234 g/mol. The minimum atomic E-state index is 0.625. The summed E-state index contributed by atoms with van der Waals surface area (Å²) in [6.45, 7) is 6.68. The Bertz CT molecular complexity index is 461. The van der Waals surface area contributed by atoms with Crippen molar-refractivity contribution in [2.75, 3.05) is 6.54 Å². The minimum Gasteiger partial charge on any atom is -0.351 e. The summed E-state index contributed by atoms with van der Waals surface area (Å²) in [4.78, 5) is 4.16. The van der Waals surface area contributed by atoms with Crippen molar-refractivity contribution < 1.29 is 4.52 Å². The molecule has 0 saturated carbocycles. The van der Waals surface area contributed by atoms with Crippen LogP contribution in [0, 0.1) is 6.92 Å². The Morgan fingerprint density at radius 2 is 2.35 bits per heavy atom. The topological polar surface area (TPSA) is 55.9 Å². The predicted molar refractivity (Wildman–Crippen MR) is 64.6 cm³/mol. The van der Waals surface area contributed by atoms with Crippen molar-refractivity contribution in [2.24, 2.45) is 0 Å². The second-order valence-corrected chi connectivity index (χ2v) is 3.94. The molecule has 92 valence electrons. The summed E-state index contributed by atoms with van der Waals surface area (Å²) in [7, 11) is 0. The Labute approximate surface area is 101 Å². The maximum absolute atomic E-state index is 4.91. The van der Waals surface area contributed by atoms with E-state index >= 15 is 0 Å². The van der Waals surface area contributed by atoms with Crippen LogP contribution in [0.5, 0.6) is 0 Å². The predicted octanol–water partition coefficient (Wildman–Crippen LogP) is 1.53. The summed E-state index contributed by atoms with van der Waals surface area (Å²) in [5.74, 6) is 1.39. The van der Waals surface area contributed by atoms with Crippen molar-refractivity contribution in [3.63, 3.8) is 0 Å². The maximum Gasteiger partial charge on any atom is 0.223 e. The Morgan fingerprint density at radius 3 is 3.06 bits per heavy atom.